The van der Waals surface area contributed by atoms with Crippen LogP contribution in [0.3, 0.4) is 0 Å². The van der Waals surface area contributed by atoms with Gasteiger partial charge in [0.2, 0.25) is 11.8 Å². The highest BCUT2D eigenvalue weighted by molar-refractivity contribution is 6.04. The number of piperazine rings is 1. The summed E-state index contributed by atoms with van der Waals surface area (Å²) >= 11 is 0. The highest BCUT2D eigenvalue weighted by atomic mass is 16.2. The highest BCUT2D eigenvalue weighted by Gasteiger charge is 2.31. The van der Waals surface area contributed by atoms with E-state index in [1.807, 2.05) is 13.8 Å². The van der Waals surface area contributed by atoms with Gasteiger partial charge in [0.15, 0.2) is 0 Å². The number of hydrogen-bond donors (Lipinski definition) is 2. The molecule has 1 aliphatic rings. The van der Waals surface area contributed by atoms with Gasteiger partial charge in [-0.3, -0.25) is 14.9 Å². The number of nitrogens with one attached hydrogen (secondary N) is 2. The van der Waals surface area contributed by atoms with Gasteiger partial charge in [0.1, 0.15) is 23.5 Å². The van der Waals surface area contributed by atoms with Crippen LogP contribution in [0.5, 0.6) is 0 Å². The molecule has 0 spiro atoms. The van der Waals surface area contributed by atoms with E-state index in [1.165, 1.54) is 0 Å². The van der Waals surface area contributed by atoms with Crippen molar-refractivity contribution < 1.29 is 9.59 Å². The maximum atomic E-state index is 11.7. The Morgan fingerprint density at radius 1 is 1.40 bits per heavy atom. The minimum atomic E-state index is -0.438. The smallest absolute Gasteiger partial charge is 0.249 e. The number of amides is 2. The summed E-state index contributed by atoms with van der Waals surface area (Å²) in [5.74, 6) is 1.47. The minimum absolute atomic E-state index is 0.116. The van der Waals surface area contributed by atoms with Crippen LogP contribution in [0.2, 0.25) is 0 Å². The third-order valence-electron chi connectivity index (χ3n) is 3.22. The summed E-state index contributed by atoms with van der Waals surface area (Å²) in [4.78, 5) is 33.8. The van der Waals surface area contributed by atoms with Gasteiger partial charge in [-0.25, -0.2) is 9.97 Å². The molecule has 2 amide bonds. The molecule has 2 heterocycles. The van der Waals surface area contributed by atoms with Crippen LogP contribution in [0, 0.1) is 0 Å². The van der Waals surface area contributed by atoms with E-state index in [4.69, 9.17) is 0 Å². The fourth-order valence-corrected chi connectivity index (χ4v) is 1.98. The Balaban J connectivity index is 2.42. The quantitative estimate of drug-likeness (QED) is 0.782. The third-order valence-corrected chi connectivity index (χ3v) is 3.22. The fraction of sp³-hybridized carbons (Fsp3) is 0.538. The zero-order valence-electron chi connectivity index (χ0n) is 12.1. The van der Waals surface area contributed by atoms with Crippen molar-refractivity contribution in [1.82, 2.24) is 15.3 Å². The first-order valence-corrected chi connectivity index (χ1v) is 6.59. The molecule has 1 unspecified atom stereocenters. The van der Waals surface area contributed by atoms with Crippen molar-refractivity contribution in [1.29, 1.82) is 0 Å². The van der Waals surface area contributed by atoms with Gasteiger partial charge < -0.3 is 10.2 Å². The summed E-state index contributed by atoms with van der Waals surface area (Å²) in [6.45, 7) is 5.86. The largest absolute Gasteiger partial charge is 0.373 e. The molecular weight excluding hydrogens is 258 g/mol. The van der Waals surface area contributed by atoms with Crippen molar-refractivity contribution >= 4 is 23.5 Å². The molecule has 7 heteroatoms. The molecule has 2 N–H and O–H groups in total. The van der Waals surface area contributed by atoms with Crippen molar-refractivity contribution in [2.75, 3.05) is 23.8 Å². The second kappa shape index (κ2) is 5.44. The molecule has 0 aromatic carbocycles. The molecule has 108 valence electrons. The lowest BCUT2D eigenvalue weighted by molar-refractivity contribution is -0.132. The zero-order chi connectivity index (χ0) is 14.9. The van der Waals surface area contributed by atoms with E-state index in [1.54, 1.807) is 24.9 Å². The zero-order valence-corrected chi connectivity index (χ0v) is 12.1. The number of carbonyl (C=O) groups is 2. The number of hydrogen-bond acceptors (Lipinski definition) is 6. The van der Waals surface area contributed by atoms with Gasteiger partial charge in [0, 0.05) is 19.0 Å². The third kappa shape index (κ3) is 2.71. The summed E-state index contributed by atoms with van der Waals surface area (Å²) < 4.78 is 0. The molecule has 1 fully saturated rings. The molecule has 1 aliphatic heterocycles. The maximum absolute atomic E-state index is 11.7. The second-order valence-electron chi connectivity index (χ2n) is 5.09. The lowest BCUT2D eigenvalue weighted by atomic mass is 10.2. The summed E-state index contributed by atoms with van der Waals surface area (Å²) in [5, 5.41) is 5.29. The Morgan fingerprint density at radius 3 is 2.70 bits per heavy atom. The molecule has 0 bridgehead atoms. The normalized spacial score (nSPS) is 19.2. The van der Waals surface area contributed by atoms with Crippen molar-refractivity contribution in [3.05, 3.63) is 11.9 Å². The van der Waals surface area contributed by atoms with E-state index in [9.17, 15) is 9.59 Å². The molecule has 2 rings (SSSR count). The van der Waals surface area contributed by atoms with E-state index in [-0.39, 0.29) is 24.3 Å². The molecule has 1 saturated heterocycles. The van der Waals surface area contributed by atoms with Gasteiger partial charge in [0.05, 0.1) is 6.54 Å². The molecular formula is C13H19N5O2. The van der Waals surface area contributed by atoms with E-state index < -0.39 is 6.04 Å². The van der Waals surface area contributed by atoms with Crippen molar-refractivity contribution in [3.8, 4) is 0 Å². The van der Waals surface area contributed by atoms with Gasteiger partial charge in [-0.2, -0.15) is 0 Å². The summed E-state index contributed by atoms with van der Waals surface area (Å²) in [5.41, 5.74) is 0. The van der Waals surface area contributed by atoms with Crippen molar-refractivity contribution in [2.24, 2.45) is 0 Å². The van der Waals surface area contributed by atoms with Crippen LogP contribution >= 0.6 is 0 Å². The Bertz CT molecular complexity index is 544. The summed E-state index contributed by atoms with van der Waals surface area (Å²) in [6.07, 6.45) is 0. The van der Waals surface area contributed by atoms with Gasteiger partial charge >= 0.3 is 0 Å². The second-order valence-corrected chi connectivity index (χ2v) is 5.09. The molecule has 1 aromatic rings. The first-order valence-electron chi connectivity index (χ1n) is 6.59. The van der Waals surface area contributed by atoms with Gasteiger partial charge in [-0.05, 0) is 6.92 Å². The van der Waals surface area contributed by atoms with Crippen LogP contribution in [0.15, 0.2) is 6.07 Å². The Hall–Kier alpha value is -2.18. The average molecular weight is 277 g/mol. The SMILES string of the molecule is CNc1cc(N2CC(=O)NC(=O)C2C)nc(C(C)C)n1. The average Bonchev–Trinajstić information content (AvgIpc) is 2.42. The van der Waals surface area contributed by atoms with E-state index in [2.05, 4.69) is 20.6 Å². The number of anilines is 2. The van der Waals surface area contributed by atoms with Crippen LogP contribution in [-0.4, -0.2) is 41.4 Å². The van der Waals surface area contributed by atoms with Crippen LogP contribution in [0.4, 0.5) is 11.6 Å². The highest BCUT2D eigenvalue weighted by Crippen LogP contribution is 2.22. The molecule has 7 nitrogen and oxygen atoms in total. The number of rotatable bonds is 3. The molecule has 20 heavy (non-hydrogen) atoms. The predicted molar refractivity (Wildman–Crippen MR) is 75.6 cm³/mol. The van der Waals surface area contributed by atoms with Crippen LogP contribution in [0.25, 0.3) is 0 Å². The minimum Gasteiger partial charge on any atom is -0.373 e. The van der Waals surface area contributed by atoms with E-state index >= 15 is 0 Å². The first-order chi connectivity index (χ1) is 9.42. The van der Waals surface area contributed by atoms with Crippen molar-refractivity contribution in [3.63, 3.8) is 0 Å². The Kier molecular flexibility index (Phi) is 3.87. The molecule has 1 atom stereocenters. The lowest BCUT2D eigenvalue weighted by Crippen LogP contribution is -2.57. The van der Waals surface area contributed by atoms with Crippen LogP contribution < -0.4 is 15.5 Å². The fourth-order valence-electron chi connectivity index (χ4n) is 1.98. The number of carbonyl (C=O) groups excluding carboxylic acids is 2. The van der Waals surface area contributed by atoms with E-state index in [0.29, 0.717) is 17.5 Å². The Morgan fingerprint density at radius 2 is 2.10 bits per heavy atom. The van der Waals surface area contributed by atoms with Crippen LogP contribution in [0.1, 0.15) is 32.5 Å². The topological polar surface area (TPSA) is 87.2 Å². The lowest BCUT2D eigenvalue weighted by Gasteiger charge is -2.33. The molecule has 0 aliphatic carbocycles. The number of nitrogens with zero attached hydrogens (tertiary/aromatic N) is 3. The number of aromatic nitrogens is 2. The molecule has 1 aromatic heterocycles. The maximum Gasteiger partial charge on any atom is 0.249 e. The predicted octanol–water partition coefficient (Wildman–Crippen LogP) is 0.493. The Labute approximate surface area is 117 Å². The van der Waals surface area contributed by atoms with Gasteiger partial charge in [-0.15, -0.1) is 0 Å². The van der Waals surface area contributed by atoms with Crippen LogP contribution in [-0.2, 0) is 9.59 Å². The van der Waals surface area contributed by atoms with Gasteiger partial charge in [0.25, 0.3) is 0 Å². The summed E-state index contributed by atoms with van der Waals surface area (Å²) in [6, 6.07) is 1.31. The van der Waals surface area contributed by atoms with E-state index in [0.717, 1.165) is 0 Å². The molecule has 0 saturated carbocycles. The first kappa shape index (κ1) is 14.2. The standard InChI is InChI=1S/C13H19N5O2/c1-7(2)12-15-9(14-4)5-10(16-12)18-6-11(19)17-13(20)8(18)3/h5,7-8H,6H2,1-4H3,(H,14,15,16)(H,17,19,20). The summed E-state index contributed by atoms with van der Waals surface area (Å²) in [7, 11) is 1.77. The molecule has 0 radical (unpaired) electrons. The monoisotopic (exact) mass is 277 g/mol. The van der Waals surface area contributed by atoms with Crippen molar-refractivity contribution in [2.45, 2.75) is 32.7 Å². The van der Waals surface area contributed by atoms with Gasteiger partial charge in [-0.1, -0.05) is 13.8 Å². The number of imide groups is 1.